The monoisotopic (exact) mass is 294 g/mol. The van der Waals surface area contributed by atoms with E-state index in [9.17, 15) is 4.79 Å². The predicted molar refractivity (Wildman–Crippen MR) is 75.0 cm³/mol. The SMILES string of the molecule is COc1ccc(Cl)cc1C(=O)N(C)Cc1cc(C)on1. The number of ether oxygens (including phenoxy) is 1. The molecule has 1 aromatic heterocycles. The third-order valence-corrected chi connectivity index (χ3v) is 3.05. The Kier molecular flexibility index (Phi) is 4.29. The summed E-state index contributed by atoms with van der Waals surface area (Å²) in [5.41, 5.74) is 1.11. The van der Waals surface area contributed by atoms with Crippen molar-refractivity contribution in [2.24, 2.45) is 0 Å². The molecule has 1 amide bonds. The summed E-state index contributed by atoms with van der Waals surface area (Å²) in [5, 5.41) is 4.35. The molecule has 0 fully saturated rings. The molecule has 1 aromatic carbocycles. The van der Waals surface area contributed by atoms with Crippen molar-refractivity contribution >= 4 is 17.5 Å². The molecule has 0 aliphatic carbocycles. The summed E-state index contributed by atoms with van der Waals surface area (Å²) in [6.45, 7) is 2.16. The van der Waals surface area contributed by atoms with E-state index in [0.29, 0.717) is 34.3 Å². The summed E-state index contributed by atoms with van der Waals surface area (Å²) in [6.07, 6.45) is 0. The minimum Gasteiger partial charge on any atom is -0.496 e. The van der Waals surface area contributed by atoms with Crippen LogP contribution in [-0.2, 0) is 6.54 Å². The third kappa shape index (κ3) is 3.11. The fourth-order valence-corrected chi connectivity index (χ4v) is 2.03. The number of benzene rings is 1. The highest BCUT2D eigenvalue weighted by Crippen LogP contribution is 2.24. The van der Waals surface area contributed by atoms with Crippen molar-refractivity contribution in [2.75, 3.05) is 14.2 Å². The molecule has 0 atom stereocenters. The molecular weight excluding hydrogens is 280 g/mol. The van der Waals surface area contributed by atoms with Crippen LogP contribution in [0.2, 0.25) is 5.02 Å². The highest BCUT2D eigenvalue weighted by molar-refractivity contribution is 6.31. The van der Waals surface area contributed by atoms with Crippen LogP contribution in [0.4, 0.5) is 0 Å². The average Bonchev–Trinajstić information content (AvgIpc) is 2.83. The molecule has 0 radical (unpaired) electrons. The highest BCUT2D eigenvalue weighted by Gasteiger charge is 2.18. The maximum Gasteiger partial charge on any atom is 0.257 e. The molecule has 1 heterocycles. The molecule has 0 bridgehead atoms. The van der Waals surface area contributed by atoms with Gasteiger partial charge in [-0.15, -0.1) is 0 Å². The van der Waals surface area contributed by atoms with Gasteiger partial charge in [0.25, 0.3) is 5.91 Å². The fraction of sp³-hybridized carbons (Fsp3) is 0.286. The average molecular weight is 295 g/mol. The van der Waals surface area contributed by atoms with Gasteiger partial charge in [0.1, 0.15) is 17.2 Å². The standard InChI is InChI=1S/C14H15ClN2O3/c1-9-6-11(16-20-9)8-17(2)14(18)12-7-10(15)4-5-13(12)19-3/h4-7H,8H2,1-3H3. The Bertz CT molecular complexity index is 625. The minimum absolute atomic E-state index is 0.190. The molecule has 106 valence electrons. The van der Waals surface area contributed by atoms with Crippen LogP contribution in [0.15, 0.2) is 28.8 Å². The normalized spacial score (nSPS) is 10.4. The third-order valence-electron chi connectivity index (χ3n) is 2.81. The van der Waals surface area contributed by atoms with Gasteiger partial charge in [-0.3, -0.25) is 4.79 Å². The molecule has 0 aliphatic rings. The number of aryl methyl sites for hydroxylation is 1. The lowest BCUT2D eigenvalue weighted by molar-refractivity contribution is 0.0779. The molecule has 0 aliphatic heterocycles. The van der Waals surface area contributed by atoms with Gasteiger partial charge >= 0.3 is 0 Å². The van der Waals surface area contributed by atoms with Crippen molar-refractivity contribution in [3.05, 3.63) is 46.3 Å². The maximum absolute atomic E-state index is 12.4. The molecule has 0 unspecified atom stereocenters. The summed E-state index contributed by atoms with van der Waals surface area (Å²) >= 11 is 5.93. The number of carbonyl (C=O) groups is 1. The summed E-state index contributed by atoms with van der Waals surface area (Å²) in [4.78, 5) is 13.9. The maximum atomic E-state index is 12.4. The van der Waals surface area contributed by atoms with Crippen LogP contribution in [-0.4, -0.2) is 30.1 Å². The summed E-state index contributed by atoms with van der Waals surface area (Å²) in [7, 11) is 3.20. The van der Waals surface area contributed by atoms with Gasteiger partial charge in [0.05, 0.1) is 19.2 Å². The van der Waals surface area contributed by atoms with Gasteiger partial charge in [-0.2, -0.15) is 0 Å². The Balaban J connectivity index is 2.20. The number of amides is 1. The molecule has 0 saturated carbocycles. The quantitative estimate of drug-likeness (QED) is 0.870. The molecule has 20 heavy (non-hydrogen) atoms. The summed E-state index contributed by atoms with van der Waals surface area (Å²) in [6, 6.07) is 6.73. The largest absolute Gasteiger partial charge is 0.496 e. The van der Waals surface area contributed by atoms with Crippen LogP contribution in [0.5, 0.6) is 5.75 Å². The number of nitrogens with zero attached hydrogens (tertiary/aromatic N) is 2. The van der Waals surface area contributed by atoms with Crippen molar-refractivity contribution in [1.82, 2.24) is 10.1 Å². The second kappa shape index (κ2) is 5.96. The zero-order valence-electron chi connectivity index (χ0n) is 11.5. The molecule has 0 spiro atoms. The lowest BCUT2D eigenvalue weighted by Crippen LogP contribution is -2.26. The van der Waals surface area contributed by atoms with Gasteiger partial charge in [-0.05, 0) is 25.1 Å². The number of hydrogen-bond acceptors (Lipinski definition) is 4. The van der Waals surface area contributed by atoms with Crippen molar-refractivity contribution < 1.29 is 14.1 Å². The molecule has 0 saturated heterocycles. The van der Waals surface area contributed by atoms with Crippen LogP contribution in [0.1, 0.15) is 21.8 Å². The molecule has 0 N–H and O–H groups in total. The minimum atomic E-state index is -0.190. The first-order valence-corrected chi connectivity index (χ1v) is 6.40. The molecule has 2 rings (SSSR count). The number of hydrogen-bond donors (Lipinski definition) is 0. The smallest absolute Gasteiger partial charge is 0.257 e. The van der Waals surface area contributed by atoms with Crippen molar-refractivity contribution in [1.29, 1.82) is 0 Å². The van der Waals surface area contributed by atoms with Gasteiger partial charge in [-0.1, -0.05) is 16.8 Å². The van der Waals surface area contributed by atoms with Crippen LogP contribution in [0, 0.1) is 6.92 Å². The summed E-state index contributed by atoms with van der Waals surface area (Å²) < 4.78 is 10.2. The second-order valence-corrected chi connectivity index (χ2v) is 4.87. The van der Waals surface area contributed by atoms with Gasteiger partial charge < -0.3 is 14.2 Å². The van der Waals surface area contributed by atoms with E-state index >= 15 is 0 Å². The van der Waals surface area contributed by atoms with Crippen LogP contribution < -0.4 is 4.74 Å². The lowest BCUT2D eigenvalue weighted by atomic mass is 10.1. The zero-order valence-corrected chi connectivity index (χ0v) is 12.3. The molecule has 6 heteroatoms. The second-order valence-electron chi connectivity index (χ2n) is 4.43. The fourth-order valence-electron chi connectivity index (χ4n) is 1.86. The van der Waals surface area contributed by atoms with E-state index < -0.39 is 0 Å². The highest BCUT2D eigenvalue weighted by atomic mass is 35.5. The van der Waals surface area contributed by atoms with E-state index in [1.54, 1.807) is 38.2 Å². The van der Waals surface area contributed by atoms with Crippen LogP contribution >= 0.6 is 11.6 Å². The van der Waals surface area contributed by atoms with Crippen LogP contribution in [0.25, 0.3) is 0 Å². The van der Waals surface area contributed by atoms with E-state index in [0.717, 1.165) is 0 Å². The Labute approximate surface area is 122 Å². The van der Waals surface area contributed by atoms with Gasteiger partial charge in [0.15, 0.2) is 0 Å². The first-order valence-electron chi connectivity index (χ1n) is 6.02. The van der Waals surface area contributed by atoms with Crippen molar-refractivity contribution in [3.8, 4) is 5.75 Å². The number of carbonyl (C=O) groups excluding carboxylic acids is 1. The van der Waals surface area contributed by atoms with Gasteiger partial charge in [0.2, 0.25) is 0 Å². The van der Waals surface area contributed by atoms with E-state index in [1.165, 1.54) is 12.0 Å². The molecule has 2 aromatic rings. The zero-order chi connectivity index (χ0) is 14.7. The van der Waals surface area contributed by atoms with E-state index in [1.807, 2.05) is 0 Å². The van der Waals surface area contributed by atoms with E-state index in [2.05, 4.69) is 5.16 Å². The Hall–Kier alpha value is -2.01. The molecule has 5 nitrogen and oxygen atoms in total. The van der Waals surface area contributed by atoms with Crippen molar-refractivity contribution in [2.45, 2.75) is 13.5 Å². The van der Waals surface area contributed by atoms with Crippen molar-refractivity contribution in [3.63, 3.8) is 0 Å². The first kappa shape index (κ1) is 14.4. The van der Waals surface area contributed by atoms with Gasteiger partial charge in [0, 0.05) is 18.1 Å². The summed E-state index contributed by atoms with van der Waals surface area (Å²) in [5.74, 6) is 1.01. The number of halogens is 1. The van der Waals surface area contributed by atoms with Gasteiger partial charge in [-0.25, -0.2) is 0 Å². The Morgan fingerprint density at radius 1 is 1.45 bits per heavy atom. The lowest BCUT2D eigenvalue weighted by Gasteiger charge is -2.17. The topological polar surface area (TPSA) is 55.6 Å². The Morgan fingerprint density at radius 2 is 2.20 bits per heavy atom. The predicted octanol–water partition coefficient (Wildman–Crippen LogP) is 2.92. The Morgan fingerprint density at radius 3 is 2.80 bits per heavy atom. The van der Waals surface area contributed by atoms with E-state index in [-0.39, 0.29) is 5.91 Å². The van der Waals surface area contributed by atoms with Crippen LogP contribution in [0.3, 0.4) is 0 Å². The first-order chi connectivity index (χ1) is 9.51. The van der Waals surface area contributed by atoms with E-state index in [4.69, 9.17) is 20.9 Å². The number of methoxy groups -OCH3 is 1. The number of rotatable bonds is 4. The molecular formula is C14H15ClN2O3. The number of aromatic nitrogens is 1.